The maximum atomic E-state index is 12.5. The van der Waals surface area contributed by atoms with E-state index in [1.54, 1.807) is 6.07 Å². The molecular formula is C22H27N3O2. The first kappa shape index (κ1) is 19.0. The van der Waals surface area contributed by atoms with Crippen molar-refractivity contribution in [2.75, 3.05) is 37.6 Å². The van der Waals surface area contributed by atoms with Gasteiger partial charge in [0.2, 0.25) is 5.91 Å². The number of nitrogens with zero attached hydrogens (tertiary/aromatic N) is 2. The Morgan fingerprint density at radius 3 is 2.26 bits per heavy atom. The lowest BCUT2D eigenvalue weighted by molar-refractivity contribution is -0.130. The highest BCUT2D eigenvalue weighted by Crippen LogP contribution is 2.23. The van der Waals surface area contributed by atoms with Crippen molar-refractivity contribution in [1.29, 1.82) is 0 Å². The van der Waals surface area contributed by atoms with Gasteiger partial charge in [0.25, 0.3) is 5.91 Å². The minimum atomic E-state index is -0.199. The smallest absolute Gasteiger partial charge is 0.251 e. The molecule has 0 radical (unpaired) electrons. The first-order chi connectivity index (χ1) is 13.0. The van der Waals surface area contributed by atoms with Crippen LogP contribution in [0, 0.1) is 20.8 Å². The lowest BCUT2D eigenvalue weighted by atomic mass is 10.1. The zero-order valence-electron chi connectivity index (χ0n) is 16.3. The number of hydrogen-bond acceptors (Lipinski definition) is 3. The van der Waals surface area contributed by atoms with Crippen molar-refractivity contribution in [3.8, 4) is 0 Å². The number of anilines is 1. The van der Waals surface area contributed by atoms with Crippen molar-refractivity contribution in [3.05, 3.63) is 64.7 Å². The van der Waals surface area contributed by atoms with Crippen LogP contribution in [0.3, 0.4) is 0 Å². The minimum absolute atomic E-state index is 0.0300. The summed E-state index contributed by atoms with van der Waals surface area (Å²) in [5.41, 5.74) is 5.34. The molecule has 1 saturated heterocycles. The van der Waals surface area contributed by atoms with Crippen molar-refractivity contribution in [2.45, 2.75) is 20.8 Å². The average Bonchev–Trinajstić information content (AvgIpc) is 2.68. The molecule has 1 aliphatic rings. The van der Waals surface area contributed by atoms with E-state index in [1.165, 1.54) is 16.8 Å². The van der Waals surface area contributed by atoms with Gasteiger partial charge in [0, 0.05) is 37.4 Å². The normalized spacial score (nSPS) is 14.2. The molecule has 142 valence electrons. The first-order valence-corrected chi connectivity index (χ1v) is 9.40. The van der Waals surface area contributed by atoms with Gasteiger partial charge in [-0.25, -0.2) is 0 Å². The largest absolute Gasteiger partial charge is 0.368 e. The number of carbonyl (C=O) groups excluding carboxylic acids is 2. The van der Waals surface area contributed by atoms with Gasteiger partial charge in [-0.05, 0) is 49.6 Å². The average molecular weight is 365 g/mol. The van der Waals surface area contributed by atoms with Crippen molar-refractivity contribution in [1.82, 2.24) is 10.2 Å². The van der Waals surface area contributed by atoms with Crippen LogP contribution in [0.4, 0.5) is 5.69 Å². The van der Waals surface area contributed by atoms with E-state index < -0.39 is 0 Å². The molecule has 0 unspecified atom stereocenters. The monoisotopic (exact) mass is 365 g/mol. The summed E-state index contributed by atoms with van der Waals surface area (Å²) in [6, 6.07) is 13.7. The number of hydrogen-bond donors (Lipinski definition) is 1. The molecule has 1 N–H and O–H groups in total. The maximum absolute atomic E-state index is 12.5. The second-order valence-electron chi connectivity index (χ2n) is 7.08. The predicted molar refractivity (Wildman–Crippen MR) is 108 cm³/mol. The Morgan fingerprint density at radius 1 is 0.889 bits per heavy atom. The van der Waals surface area contributed by atoms with Crippen LogP contribution in [0.25, 0.3) is 0 Å². The van der Waals surface area contributed by atoms with Crippen LogP contribution in [-0.4, -0.2) is 49.4 Å². The Morgan fingerprint density at radius 2 is 1.56 bits per heavy atom. The van der Waals surface area contributed by atoms with Gasteiger partial charge in [-0.3, -0.25) is 9.59 Å². The molecule has 0 bridgehead atoms. The molecule has 5 nitrogen and oxygen atoms in total. The molecule has 1 fully saturated rings. The molecule has 0 saturated carbocycles. The molecule has 1 heterocycles. The molecule has 2 aromatic carbocycles. The highest BCUT2D eigenvalue weighted by atomic mass is 16.2. The fourth-order valence-corrected chi connectivity index (χ4v) is 3.47. The molecule has 0 aromatic heterocycles. The Kier molecular flexibility index (Phi) is 5.79. The SMILES string of the molecule is Cc1ccccc1C(=O)NCC(=O)N1CCN(c2cccc(C)c2C)CC1. The number of benzene rings is 2. The minimum Gasteiger partial charge on any atom is -0.368 e. The van der Waals surface area contributed by atoms with Crippen molar-refractivity contribution in [2.24, 2.45) is 0 Å². The fourth-order valence-electron chi connectivity index (χ4n) is 3.47. The topological polar surface area (TPSA) is 52.7 Å². The third-order valence-electron chi connectivity index (χ3n) is 5.34. The Bertz CT molecular complexity index is 839. The second kappa shape index (κ2) is 8.25. The Hall–Kier alpha value is -2.82. The molecule has 3 rings (SSSR count). The van der Waals surface area contributed by atoms with Crippen LogP contribution in [0.1, 0.15) is 27.0 Å². The zero-order valence-corrected chi connectivity index (χ0v) is 16.3. The van der Waals surface area contributed by atoms with Crippen molar-refractivity contribution >= 4 is 17.5 Å². The van der Waals surface area contributed by atoms with Gasteiger partial charge in [-0.2, -0.15) is 0 Å². The zero-order chi connectivity index (χ0) is 19.4. The second-order valence-corrected chi connectivity index (χ2v) is 7.08. The van der Waals surface area contributed by atoms with Crippen molar-refractivity contribution in [3.63, 3.8) is 0 Å². The van der Waals surface area contributed by atoms with E-state index >= 15 is 0 Å². The van der Waals surface area contributed by atoms with Gasteiger partial charge >= 0.3 is 0 Å². The number of aryl methyl sites for hydroxylation is 2. The fraction of sp³-hybridized carbons (Fsp3) is 0.364. The summed E-state index contributed by atoms with van der Waals surface area (Å²) >= 11 is 0. The highest BCUT2D eigenvalue weighted by molar-refractivity contribution is 5.97. The van der Waals surface area contributed by atoms with Crippen molar-refractivity contribution < 1.29 is 9.59 Å². The number of carbonyl (C=O) groups is 2. The summed E-state index contributed by atoms with van der Waals surface area (Å²) in [6.07, 6.45) is 0. The molecule has 5 heteroatoms. The van der Waals surface area contributed by atoms with E-state index in [0.717, 1.165) is 18.7 Å². The molecular weight excluding hydrogens is 338 g/mol. The lowest BCUT2D eigenvalue weighted by Crippen LogP contribution is -2.51. The van der Waals surface area contributed by atoms with Gasteiger partial charge in [-0.15, -0.1) is 0 Å². The Balaban J connectivity index is 1.52. The molecule has 2 aromatic rings. The van der Waals surface area contributed by atoms with Gasteiger partial charge in [-0.1, -0.05) is 30.3 Å². The highest BCUT2D eigenvalue weighted by Gasteiger charge is 2.22. The summed E-state index contributed by atoms with van der Waals surface area (Å²) in [5, 5.41) is 2.75. The van der Waals surface area contributed by atoms with Gasteiger partial charge in [0.1, 0.15) is 0 Å². The quantitative estimate of drug-likeness (QED) is 0.906. The molecule has 0 aliphatic carbocycles. The molecule has 1 aliphatic heterocycles. The molecule has 2 amide bonds. The van der Waals surface area contributed by atoms with E-state index in [4.69, 9.17) is 0 Å². The van der Waals surface area contributed by atoms with Gasteiger partial charge in [0.15, 0.2) is 0 Å². The summed E-state index contributed by atoms with van der Waals surface area (Å²) < 4.78 is 0. The summed E-state index contributed by atoms with van der Waals surface area (Å²) in [6.45, 7) is 9.15. The van der Waals surface area contributed by atoms with E-state index in [1.807, 2.05) is 30.0 Å². The number of piperazine rings is 1. The van der Waals surface area contributed by atoms with Crippen LogP contribution >= 0.6 is 0 Å². The summed E-state index contributed by atoms with van der Waals surface area (Å²) in [5.74, 6) is -0.229. The van der Waals surface area contributed by atoms with Crippen LogP contribution < -0.4 is 10.2 Å². The lowest BCUT2D eigenvalue weighted by Gasteiger charge is -2.37. The third-order valence-corrected chi connectivity index (χ3v) is 5.34. The van der Waals surface area contributed by atoms with Crippen LogP contribution in [0.5, 0.6) is 0 Å². The number of nitrogens with one attached hydrogen (secondary N) is 1. The van der Waals surface area contributed by atoms with Gasteiger partial charge in [0.05, 0.1) is 6.54 Å². The predicted octanol–water partition coefficient (Wildman–Crippen LogP) is 2.69. The van der Waals surface area contributed by atoms with E-state index in [9.17, 15) is 9.59 Å². The maximum Gasteiger partial charge on any atom is 0.251 e. The van der Waals surface area contributed by atoms with E-state index in [-0.39, 0.29) is 18.4 Å². The van der Waals surface area contributed by atoms with Gasteiger partial charge < -0.3 is 15.1 Å². The molecule has 0 atom stereocenters. The van der Waals surface area contributed by atoms with Crippen LogP contribution in [0.15, 0.2) is 42.5 Å². The first-order valence-electron chi connectivity index (χ1n) is 9.40. The Labute approximate surface area is 161 Å². The number of rotatable bonds is 4. The van der Waals surface area contributed by atoms with E-state index in [2.05, 4.69) is 42.3 Å². The van der Waals surface area contributed by atoms with Crippen LogP contribution in [0.2, 0.25) is 0 Å². The third kappa shape index (κ3) is 4.30. The number of amides is 2. The van der Waals surface area contributed by atoms with Crippen LogP contribution in [-0.2, 0) is 4.79 Å². The molecule has 0 spiro atoms. The molecule has 27 heavy (non-hydrogen) atoms. The summed E-state index contributed by atoms with van der Waals surface area (Å²) in [4.78, 5) is 28.9. The standard InChI is InChI=1S/C22H27N3O2/c1-16-8-6-10-20(18(16)3)24-11-13-25(14-12-24)21(26)15-23-22(27)19-9-5-4-7-17(19)2/h4-10H,11-15H2,1-3H3,(H,23,27). The van der Waals surface area contributed by atoms with E-state index in [0.29, 0.717) is 18.7 Å². The summed E-state index contributed by atoms with van der Waals surface area (Å²) in [7, 11) is 0.